The molecule has 0 saturated carbocycles. The van der Waals surface area contributed by atoms with Crippen molar-refractivity contribution in [3.05, 3.63) is 45.5 Å². The Morgan fingerprint density at radius 3 is 3.10 bits per heavy atom. The van der Waals surface area contributed by atoms with Crippen molar-refractivity contribution in [2.75, 3.05) is 0 Å². The SMILES string of the molecule is Cn1ncc2c1CCC[C@@H]2NC(=O)c1ccc([N+](=O)[O-])o1. The average molecular weight is 290 g/mol. The zero-order valence-electron chi connectivity index (χ0n) is 11.4. The molecule has 1 amide bonds. The maximum absolute atomic E-state index is 12.1. The van der Waals surface area contributed by atoms with Crippen LogP contribution >= 0.6 is 0 Å². The second-order valence-corrected chi connectivity index (χ2v) is 4.98. The Hall–Kier alpha value is -2.64. The van der Waals surface area contributed by atoms with Crippen LogP contribution in [0.2, 0.25) is 0 Å². The molecule has 0 fully saturated rings. The maximum Gasteiger partial charge on any atom is 0.433 e. The van der Waals surface area contributed by atoms with Crippen LogP contribution in [0, 0.1) is 10.1 Å². The predicted molar refractivity (Wildman–Crippen MR) is 71.7 cm³/mol. The number of nitro groups is 1. The van der Waals surface area contributed by atoms with E-state index in [1.54, 1.807) is 6.20 Å². The highest BCUT2D eigenvalue weighted by Crippen LogP contribution is 2.29. The van der Waals surface area contributed by atoms with E-state index in [-0.39, 0.29) is 11.8 Å². The summed E-state index contributed by atoms with van der Waals surface area (Å²) in [6.45, 7) is 0. The Balaban J connectivity index is 1.77. The molecule has 2 aromatic rings. The summed E-state index contributed by atoms with van der Waals surface area (Å²) in [6, 6.07) is 2.34. The quantitative estimate of drug-likeness (QED) is 0.684. The summed E-state index contributed by atoms with van der Waals surface area (Å²) >= 11 is 0. The van der Waals surface area contributed by atoms with E-state index in [1.807, 2.05) is 11.7 Å². The van der Waals surface area contributed by atoms with Gasteiger partial charge in [0.1, 0.15) is 4.92 Å². The topological polar surface area (TPSA) is 103 Å². The molecule has 8 nitrogen and oxygen atoms in total. The molecule has 1 aliphatic carbocycles. The number of rotatable bonds is 3. The third kappa shape index (κ3) is 2.39. The minimum absolute atomic E-state index is 0.0577. The number of aromatic nitrogens is 2. The van der Waals surface area contributed by atoms with Crippen LogP contribution in [0.25, 0.3) is 0 Å². The zero-order chi connectivity index (χ0) is 15.0. The molecule has 0 unspecified atom stereocenters. The zero-order valence-corrected chi connectivity index (χ0v) is 11.4. The molecular formula is C13H14N4O4. The highest BCUT2D eigenvalue weighted by molar-refractivity contribution is 5.92. The number of nitrogens with zero attached hydrogens (tertiary/aromatic N) is 3. The van der Waals surface area contributed by atoms with Crippen LogP contribution in [0.3, 0.4) is 0 Å². The molecule has 1 aliphatic rings. The molecule has 1 N–H and O–H groups in total. The number of furan rings is 1. The molecule has 1 atom stereocenters. The van der Waals surface area contributed by atoms with E-state index in [2.05, 4.69) is 10.4 Å². The van der Waals surface area contributed by atoms with Crippen LogP contribution in [0.1, 0.15) is 40.7 Å². The van der Waals surface area contributed by atoms with Crippen molar-refractivity contribution in [3.8, 4) is 0 Å². The summed E-state index contributed by atoms with van der Waals surface area (Å²) in [5.74, 6) is -0.951. The van der Waals surface area contributed by atoms with Crippen LogP contribution in [0.15, 0.2) is 22.7 Å². The number of carbonyl (C=O) groups excluding carboxylic acids is 1. The molecule has 0 aliphatic heterocycles. The lowest BCUT2D eigenvalue weighted by Crippen LogP contribution is -2.30. The summed E-state index contributed by atoms with van der Waals surface area (Å²) < 4.78 is 6.72. The summed E-state index contributed by atoms with van der Waals surface area (Å²) in [5, 5.41) is 17.6. The van der Waals surface area contributed by atoms with Gasteiger partial charge in [-0.3, -0.25) is 19.6 Å². The van der Waals surface area contributed by atoms with Gasteiger partial charge in [-0.1, -0.05) is 0 Å². The molecule has 2 aromatic heterocycles. The average Bonchev–Trinajstić information content (AvgIpc) is 3.07. The monoisotopic (exact) mass is 290 g/mol. The van der Waals surface area contributed by atoms with Crippen molar-refractivity contribution >= 4 is 11.8 Å². The Morgan fingerprint density at radius 1 is 1.57 bits per heavy atom. The van der Waals surface area contributed by atoms with Crippen LogP contribution in [0.4, 0.5) is 5.88 Å². The third-order valence-corrected chi connectivity index (χ3v) is 3.68. The number of amides is 1. The minimum atomic E-state index is -0.670. The van der Waals surface area contributed by atoms with Crippen LogP contribution in [0.5, 0.6) is 0 Å². The molecule has 2 heterocycles. The van der Waals surface area contributed by atoms with Gasteiger partial charge in [0.15, 0.2) is 5.76 Å². The first-order valence-electron chi connectivity index (χ1n) is 6.62. The fourth-order valence-corrected chi connectivity index (χ4v) is 2.63. The normalized spacial score (nSPS) is 17.3. The summed E-state index contributed by atoms with van der Waals surface area (Å²) in [6.07, 6.45) is 4.46. The molecule has 0 bridgehead atoms. The van der Waals surface area contributed by atoms with E-state index in [4.69, 9.17) is 4.42 Å². The van der Waals surface area contributed by atoms with Gasteiger partial charge in [-0.05, 0) is 25.3 Å². The molecule has 0 aromatic carbocycles. The van der Waals surface area contributed by atoms with Gasteiger partial charge in [0, 0.05) is 18.3 Å². The fraction of sp³-hybridized carbons (Fsp3) is 0.385. The number of aryl methyl sites for hydroxylation is 1. The highest BCUT2D eigenvalue weighted by atomic mass is 16.6. The molecule has 0 radical (unpaired) electrons. The van der Waals surface area contributed by atoms with E-state index < -0.39 is 16.7 Å². The summed E-state index contributed by atoms with van der Waals surface area (Å²) in [7, 11) is 1.87. The van der Waals surface area contributed by atoms with Gasteiger partial charge in [-0.2, -0.15) is 5.10 Å². The summed E-state index contributed by atoms with van der Waals surface area (Å²) in [5.41, 5.74) is 2.11. The van der Waals surface area contributed by atoms with Gasteiger partial charge in [-0.25, -0.2) is 0 Å². The fourth-order valence-electron chi connectivity index (χ4n) is 2.63. The van der Waals surface area contributed by atoms with Gasteiger partial charge >= 0.3 is 5.88 Å². The number of hydrogen-bond donors (Lipinski definition) is 1. The molecule has 8 heteroatoms. The number of fused-ring (bicyclic) bond motifs is 1. The minimum Gasteiger partial charge on any atom is -0.395 e. The Bertz CT molecular complexity index is 703. The molecular weight excluding hydrogens is 276 g/mol. The van der Waals surface area contributed by atoms with Crippen LogP contribution in [-0.4, -0.2) is 20.6 Å². The smallest absolute Gasteiger partial charge is 0.395 e. The number of nitrogens with one attached hydrogen (secondary N) is 1. The lowest BCUT2D eigenvalue weighted by Gasteiger charge is -2.23. The second-order valence-electron chi connectivity index (χ2n) is 4.98. The molecule has 110 valence electrons. The Kier molecular flexibility index (Phi) is 3.20. The molecule has 3 rings (SSSR count). The van der Waals surface area contributed by atoms with Gasteiger partial charge in [0.25, 0.3) is 5.91 Å². The van der Waals surface area contributed by atoms with Gasteiger partial charge in [-0.15, -0.1) is 0 Å². The van der Waals surface area contributed by atoms with Gasteiger partial charge < -0.3 is 9.73 Å². The largest absolute Gasteiger partial charge is 0.433 e. The predicted octanol–water partition coefficient (Wildman–Crippen LogP) is 1.73. The van der Waals surface area contributed by atoms with Gasteiger partial charge in [0.05, 0.1) is 18.3 Å². The van der Waals surface area contributed by atoms with Crippen molar-refractivity contribution in [3.63, 3.8) is 0 Å². The van der Waals surface area contributed by atoms with E-state index in [1.165, 1.54) is 12.1 Å². The third-order valence-electron chi connectivity index (χ3n) is 3.68. The first-order valence-corrected chi connectivity index (χ1v) is 6.62. The highest BCUT2D eigenvalue weighted by Gasteiger charge is 2.26. The standard InChI is InChI=1S/C13H14N4O4/c1-16-10-4-2-3-9(8(10)7-14-16)15-13(18)11-5-6-12(21-11)17(19)20/h5-7,9H,2-4H2,1H3,(H,15,18)/t9-/m0/s1. The number of carbonyl (C=O) groups is 1. The van der Waals surface area contributed by atoms with Crippen molar-refractivity contribution < 1.29 is 14.1 Å². The lowest BCUT2D eigenvalue weighted by atomic mass is 9.93. The first kappa shape index (κ1) is 13.3. The van der Waals surface area contributed by atoms with Gasteiger partial charge in [0.2, 0.25) is 0 Å². The maximum atomic E-state index is 12.1. The van der Waals surface area contributed by atoms with Crippen molar-refractivity contribution in [1.82, 2.24) is 15.1 Å². The van der Waals surface area contributed by atoms with E-state index >= 15 is 0 Å². The second kappa shape index (κ2) is 5.04. The molecule has 21 heavy (non-hydrogen) atoms. The van der Waals surface area contributed by atoms with E-state index in [0.29, 0.717) is 0 Å². The molecule has 0 spiro atoms. The summed E-state index contributed by atoms with van der Waals surface area (Å²) in [4.78, 5) is 22.0. The van der Waals surface area contributed by atoms with E-state index in [9.17, 15) is 14.9 Å². The number of hydrogen-bond acceptors (Lipinski definition) is 5. The first-order chi connectivity index (χ1) is 10.1. The lowest BCUT2D eigenvalue weighted by molar-refractivity contribution is -0.402. The van der Waals surface area contributed by atoms with Crippen molar-refractivity contribution in [1.29, 1.82) is 0 Å². The van der Waals surface area contributed by atoms with Crippen LogP contribution in [-0.2, 0) is 13.5 Å². The molecule has 0 saturated heterocycles. The van der Waals surface area contributed by atoms with E-state index in [0.717, 1.165) is 30.5 Å². The van der Waals surface area contributed by atoms with Crippen molar-refractivity contribution in [2.45, 2.75) is 25.3 Å². The Labute approximate surface area is 119 Å². The van der Waals surface area contributed by atoms with Crippen LogP contribution < -0.4 is 5.32 Å². The Morgan fingerprint density at radius 2 is 2.38 bits per heavy atom. The van der Waals surface area contributed by atoms with Crippen molar-refractivity contribution in [2.24, 2.45) is 7.05 Å².